The Morgan fingerprint density at radius 2 is 1.74 bits per heavy atom. The van der Waals surface area contributed by atoms with E-state index in [1.165, 1.54) is 15.3 Å². The molecule has 1 aromatic heterocycles. The van der Waals surface area contributed by atoms with E-state index < -0.39 is 0 Å². The van der Waals surface area contributed by atoms with Crippen molar-refractivity contribution in [2.75, 3.05) is 14.2 Å². The van der Waals surface area contributed by atoms with Gasteiger partial charge in [-0.15, -0.1) is 11.3 Å². The highest BCUT2D eigenvalue weighted by Gasteiger charge is 2.16. The first-order valence-electron chi connectivity index (χ1n) is 6.11. The van der Waals surface area contributed by atoms with Gasteiger partial charge in [-0.05, 0) is 43.2 Å². The fourth-order valence-electron chi connectivity index (χ4n) is 2.17. The number of hydrogen-bond donors (Lipinski definition) is 1. The lowest BCUT2D eigenvalue weighted by Gasteiger charge is -2.14. The van der Waals surface area contributed by atoms with Crippen molar-refractivity contribution in [1.29, 1.82) is 0 Å². The summed E-state index contributed by atoms with van der Waals surface area (Å²) in [6, 6.07) is 7.86. The molecule has 0 radical (unpaired) electrons. The first-order valence-corrected chi connectivity index (χ1v) is 6.93. The molecule has 0 saturated carbocycles. The van der Waals surface area contributed by atoms with E-state index in [-0.39, 0.29) is 6.04 Å². The first kappa shape index (κ1) is 13.9. The van der Waals surface area contributed by atoms with Crippen LogP contribution in [0.2, 0.25) is 0 Å². The highest BCUT2D eigenvalue weighted by atomic mass is 32.1. The second-order valence-corrected chi connectivity index (χ2v) is 5.78. The number of nitrogens with two attached hydrogens (primary N) is 1. The molecule has 1 atom stereocenters. The summed E-state index contributed by atoms with van der Waals surface area (Å²) in [5.41, 5.74) is 8.63. The van der Waals surface area contributed by atoms with Gasteiger partial charge >= 0.3 is 0 Å². The summed E-state index contributed by atoms with van der Waals surface area (Å²) in [6.07, 6.45) is 0. The van der Waals surface area contributed by atoms with Crippen LogP contribution in [0.25, 0.3) is 0 Å². The molecule has 2 N–H and O–H groups in total. The van der Waals surface area contributed by atoms with Gasteiger partial charge in [0.25, 0.3) is 0 Å². The molecule has 0 fully saturated rings. The summed E-state index contributed by atoms with van der Waals surface area (Å²) in [7, 11) is 3.26. The molecule has 0 aliphatic heterocycles. The molecule has 4 heteroatoms. The van der Waals surface area contributed by atoms with Crippen LogP contribution < -0.4 is 15.2 Å². The summed E-state index contributed by atoms with van der Waals surface area (Å²) in [5.74, 6) is 1.43. The van der Waals surface area contributed by atoms with Crippen LogP contribution in [0, 0.1) is 13.8 Å². The van der Waals surface area contributed by atoms with E-state index in [0.29, 0.717) is 5.75 Å². The maximum Gasteiger partial charge on any atom is 0.161 e. The maximum absolute atomic E-state index is 6.36. The van der Waals surface area contributed by atoms with Crippen LogP contribution in [0.4, 0.5) is 0 Å². The topological polar surface area (TPSA) is 44.5 Å². The molecule has 19 heavy (non-hydrogen) atoms. The first-order chi connectivity index (χ1) is 9.06. The van der Waals surface area contributed by atoms with Gasteiger partial charge in [0.1, 0.15) is 0 Å². The van der Waals surface area contributed by atoms with E-state index in [2.05, 4.69) is 19.9 Å². The Bertz CT molecular complexity index is 578. The quantitative estimate of drug-likeness (QED) is 0.931. The zero-order valence-corrected chi connectivity index (χ0v) is 12.5. The molecule has 3 nitrogen and oxygen atoms in total. The van der Waals surface area contributed by atoms with E-state index in [9.17, 15) is 0 Å². The molecule has 2 rings (SSSR count). The van der Waals surface area contributed by atoms with Crippen molar-refractivity contribution in [3.05, 3.63) is 45.1 Å². The molecule has 2 aromatic rings. The Balaban J connectivity index is 2.39. The minimum Gasteiger partial charge on any atom is -0.493 e. The van der Waals surface area contributed by atoms with Crippen LogP contribution in [0.15, 0.2) is 24.3 Å². The summed E-state index contributed by atoms with van der Waals surface area (Å²) >= 11 is 1.74. The molecule has 0 aliphatic carbocycles. The molecular weight excluding hydrogens is 258 g/mol. The molecule has 0 amide bonds. The molecule has 1 unspecified atom stereocenters. The Morgan fingerprint density at radius 1 is 1.05 bits per heavy atom. The Morgan fingerprint density at radius 3 is 2.26 bits per heavy atom. The van der Waals surface area contributed by atoms with Crippen molar-refractivity contribution < 1.29 is 9.47 Å². The lowest BCUT2D eigenvalue weighted by molar-refractivity contribution is 0.354. The lowest BCUT2D eigenvalue weighted by Crippen LogP contribution is -2.11. The van der Waals surface area contributed by atoms with Crippen LogP contribution in [0.5, 0.6) is 11.5 Å². The van der Waals surface area contributed by atoms with E-state index >= 15 is 0 Å². The monoisotopic (exact) mass is 277 g/mol. The molecule has 0 spiro atoms. The zero-order chi connectivity index (χ0) is 14.0. The number of rotatable bonds is 4. The highest BCUT2D eigenvalue weighted by molar-refractivity contribution is 7.12. The summed E-state index contributed by atoms with van der Waals surface area (Å²) in [6.45, 7) is 4.20. The number of aryl methyl sites for hydroxylation is 2. The van der Waals surface area contributed by atoms with Crippen molar-refractivity contribution in [2.24, 2.45) is 5.73 Å². The molecular formula is C15H19NO2S. The van der Waals surface area contributed by atoms with Gasteiger partial charge in [-0.1, -0.05) is 6.07 Å². The molecule has 1 aromatic carbocycles. The third-order valence-electron chi connectivity index (χ3n) is 3.13. The van der Waals surface area contributed by atoms with Gasteiger partial charge < -0.3 is 15.2 Å². The van der Waals surface area contributed by atoms with Crippen molar-refractivity contribution in [3.63, 3.8) is 0 Å². The third kappa shape index (κ3) is 2.74. The van der Waals surface area contributed by atoms with E-state index in [1.807, 2.05) is 18.2 Å². The van der Waals surface area contributed by atoms with E-state index in [4.69, 9.17) is 15.2 Å². The fourth-order valence-corrected chi connectivity index (χ4v) is 3.23. The average molecular weight is 277 g/mol. The normalized spacial score (nSPS) is 12.3. The molecule has 1 heterocycles. The maximum atomic E-state index is 6.36. The van der Waals surface area contributed by atoms with Crippen LogP contribution in [-0.4, -0.2) is 14.2 Å². The van der Waals surface area contributed by atoms with Crippen molar-refractivity contribution in [2.45, 2.75) is 19.9 Å². The van der Waals surface area contributed by atoms with Crippen LogP contribution in [0.3, 0.4) is 0 Å². The van der Waals surface area contributed by atoms with Gasteiger partial charge in [0.05, 0.1) is 20.3 Å². The second kappa shape index (κ2) is 5.63. The average Bonchev–Trinajstić information content (AvgIpc) is 2.76. The SMILES string of the molecule is COc1ccc(C(N)c2sc(C)cc2C)cc1OC. The van der Waals surface area contributed by atoms with E-state index in [0.717, 1.165) is 11.3 Å². The number of hydrogen-bond acceptors (Lipinski definition) is 4. The van der Waals surface area contributed by atoms with E-state index in [1.54, 1.807) is 25.6 Å². The van der Waals surface area contributed by atoms with Crippen LogP contribution in [-0.2, 0) is 0 Å². The minimum absolute atomic E-state index is 0.126. The largest absolute Gasteiger partial charge is 0.493 e. The third-order valence-corrected chi connectivity index (χ3v) is 4.36. The predicted octanol–water partition coefficient (Wildman–Crippen LogP) is 3.43. The number of ether oxygens (including phenoxy) is 2. The Hall–Kier alpha value is -1.52. The molecule has 102 valence electrons. The fraction of sp³-hybridized carbons (Fsp3) is 0.333. The Labute approximate surface area is 118 Å². The summed E-state index contributed by atoms with van der Waals surface area (Å²) in [4.78, 5) is 2.48. The lowest BCUT2D eigenvalue weighted by atomic mass is 10.0. The number of thiophene rings is 1. The van der Waals surface area contributed by atoms with Crippen LogP contribution in [0.1, 0.15) is 26.9 Å². The summed E-state index contributed by atoms with van der Waals surface area (Å²) < 4.78 is 10.6. The molecule has 0 bridgehead atoms. The van der Waals surface area contributed by atoms with Gasteiger partial charge in [-0.3, -0.25) is 0 Å². The van der Waals surface area contributed by atoms with Gasteiger partial charge in [-0.25, -0.2) is 0 Å². The second-order valence-electron chi connectivity index (χ2n) is 4.50. The minimum atomic E-state index is -0.126. The molecule has 0 saturated heterocycles. The van der Waals surface area contributed by atoms with Crippen LogP contribution >= 0.6 is 11.3 Å². The van der Waals surface area contributed by atoms with Crippen molar-refractivity contribution in [1.82, 2.24) is 0 Å². The van der Waals surface area contributed by atoms with Gasteiger partial charge in [0, 0.05) is 9.75 Å². The smallest absolute Gasteiger partial charge is 0.161 e. The number of benzene rings is 1. The molecule has 0 aliphatic rings. The summed E-state index contributed by atoms with van der Waals surface area (Å²) in [5, 5.41) is 0. The predicted molar refractivity (Wildman–Crippen MR) is 79.4 cm³/mol. The highest BCUT2D eigenvalue weighted by Crippen LogP contribution is 2.34. The van der Waals surface area contributed by atoms with Gasteiger partial charge in [0.2, 0.25) is 0 Å². The van der Waals surface area contributed by atoms with Gasteiger partial charge in [-0.2, -0.15) is 0 Å². The standard InChI is InChI=1S/C15H19NO2S/c1-9-7-10(2)19-15(9)14(16)11-5-6-12(17-3)13(8-11)18-4/h5-8,14H,16H2,1-4H3. The van der Waals surface area contributed by atoms with Crippen molar-refractivity contribution in [3.8, 4) is 11.5 Å². The number of methoxy groups -OCH3 is 2. The Kier molecular flexibility index (Phi) is 4.12. The zero-order valence-electron chi connectivity index (χ0n) is 11.7. The van der Waals surface area contributed by atoms with Gasteiger partial charge in [0.15, 0.2) is 11.5 Å². The van der Waals surface area contributed by atoms with Crippen molar-refractivity contribution >= 4 is 11.3 Å².